The molecule has 0 aromatic heterocycles. The van der Waals surface area contributed by atoms with Crippen LogP contribution in [0, 0.1) is 13.8 Å². The Morgan fingerprint density at radius 2 is 1.88 bits per heavy atom. The highest BCUT2D eigenvalue weighted by molar-refractivity contribution is 5.92. The highest BCUT2D eigenvalue weighted by atomic mass is 16.2. The lowest BCUT2D eigenvalue weighted by molar-refractivity contribution is -0.116. The maximum Gasteiger partial charge on any atom is 0.315 e. The zero-order valence-electron chi connectivity index (χ0n) is 15.0. The first-order chi connectivity index (χ1) is 11.5. The van der Waals surface area contributed by atoms with Gasteiger partial charge in [-0.2, -0.15) is 0 Å². The molecule has 0 heterocycles. The van der Waals surface area contributed by atoms with E-state index in [-0.39, 0.29) is 11.9 Å². The third kappa shape index (κ3) is 5.25. The fraction of sp³-hybridized carbons (Fsp3) is 0.579. The van der Waals surface area contributed by atoms with E-state index in [0.717, 1.165) is 24.1 Å². The Bertz CT molecular complexity index is 580. The zero-order chi connectivity index (χ0) is 17.5. The van der Waals surface area contributed by atoms with E-state index in [1.54, 1.807) is 11.8 Å². The predicted molar refractivity (Wildman–Crippen MR) is 97.4 cm³/mol. The van der Waals surface area contributed by atoms with Gasteiger partial charge < -0.3 is 15.5 Å². The van der Waals surface area contributed by atoms with E-state index in [0.29, 0.717) is 19.1 Å². The monoisotopic (exact) mass is 331 g/mol. The Morgan fingerprint density at radius 1 is 1.17 bits per heavy atom. The lowest BCUT2D eigenvalue weighted by atomic mass is 9.96. The number of nitrogens with zero attached hydrogens (tertiary/aromatic N) is 1. The van der Waals surface area contributed by atoms with Gasteiger partial charge in [0.2, 0.25) is 5.91 Å². The van der Waals surface area contributed by atoms with E-state index >= 15 is 0 Å². The normalized spacial score (nSPS) is 15.0. The quantitative estimate of drug-likeness (QED) is 0.870. The molecule has 1 aliphatic carbocycles. The van der Waals surface area contributed by atoms with Gasteiger partial charge in [0.1, 0.15) is 0 Å². The van der Waals surface area contributed by atoms with Gasteiger partial charge >= 0.3 is 6.03 Å². The molecule has 1 aliphatic rings. The molecule has 0 saturated heterocycles. The van der Waals surface area contributed by atoms with E-state index in [9.17, 15) is 9.59 Å². The Morgan fingerprint density at radius 3 is 2.50 bits per heavy atom. The highest BCUT2D eigenvalue weighted by Crippen LogP contribution is 2.21. The number of anilines is 1. The first-order valence-corrected chi connectivity index (χ1v) is 8.87. The second kappa shape index (κ2) is 8.71. The van der Waals surface area contributed by atoms with Gasteiger partial charge in [-0.3, -0.25) is 4.79 Å². The summed E-state index contributed by atoms with van der Waals surface area (Å²) >= 11 is 0. The number of rotatable bonds is 5. The summed E-state index contributed by atoms with van der Waals surface area (Å²) in [5.41, 5.74) is 3.14. The predicted octanol–water partition coefficient (Wildman–Crippen LogP) is 3.29. The van der Waals surface area contributed by atoms with Gasteiger partial charge in [0.15, 0.2) is 0 Å². The lowest BCUT2D eigenvalue weighted by Crippen LogP contribution is -2.45. The van der Waals surface area contributed by atoms with Gasteiger partial charge in [-0.15, -0.1) is 0 Å². The van der Waals surface area contributed by atoms with Gasteiger partial charge in [0.05, 0.1) is 0 Å². The van der Waals surface area contributed by atoms with Crippen molar-refractivity contribution < 1.29 is 9.59 Å². The van der Waals surface area contributed by atoms with Crippen LogP contribution in [0.1, 0.15) is 50.2 Å². The summed E-state index contributed by atoms with van der Waals surface area (Å²) in [6, 6.07) is 6.19. The minimum absolute atomic E-state index is 0.0172. The maximum absolute atomic E-state index is 12.0. The van der Waals surface area contributed by atoms with Crippen molar-refractivity contribution in [3.05, 3.63) is 29.3 Å². The smallest absolute Gasteiger partial charge is 0.315 e. The molecule has 1 aromatic carbocycles. The Balaban J connectivity index is 1.85. The van der Waals surface area contributed by atoms with Crippen molar-refractivity contribution in [2.24, 2.45) is 0 Å². The summed E-state index contributed by atoms with van der Waals surface area (Å²) in [4.78, 5) is 25.7. The molecule has 1 saturated carbocycles. The van der Waals surface area contributed by atoms with Gasteiger partial charge in [0.25, 0.3) is 0 Å². The number of carbonyl (C=O) groups excluding carboxylic acids is 2. The number of hydrogen-bond acceptors (Lipinski definition) is 2. The largest absolute Gasteiger partial charge is 0.336 e. The van der Waals surface area contributed by atoms with E-state index < -0.39 is 0 Å². The first-order valence-electron chi connectivity index (χ1n) is 8.87. The molecule has 0 unspecified atom stereocenters. The molecule has 24 heavy (non-hydrogen) atoms. The SMILES string of the molecule is CC(=O)N(CCNC(=O)NC1CCCCC1)c1ccc(C)cc1C. The van der Waals surface area contributed by atoms with Crippen molar-refractivity contribution in [1.82, 2.24) is 10.6 Å². The van der Waals surface area contributed by atoms with Crippen molar-refractivity contribution >= 4 is 17.6 Å². The molecule has 0 spiro atoms. The van der Waals surface area contributed by atoms with Crippen molar-refractivity contribution in [2.45, 2.75) is 58.9 Å². The van der Waals surface area contributed by atoms with Gasteiger partial charge in [0, 0.05) is 31.7 Å². The number of aryl methyl sites for hydroxylation is 2. The molecular formula is C19H29N3O2. The fourth-order valence-electron chi connectivity index (χ4n) is 3.32. The number of benzene rings is 1. The van der Waals surface area contributed by atoms with E-state index in [2.05, 4.69) is 16.7 Å². The van der Waals surface area contributed by atoms with Crippen LogP contribution in [0.15, 0.2) is 18.2 Å². The summed E-state index contributed by atoms with van der Waals surface area (Å²) in [6.07, 6.45) is 5.78. The molecule has 5 heteroatoms. The standard InChI is InChI=1S/C19H29N3O2/c1-14-9-10-18(15(2)13-14)22(16(3)23)12-11-20-19(24)21-17-7-5-4-6-8-17/h9-10,13,17H,4-8,11-12H2,1-3H3,(H2,20,21,24). The molecular weight excluding hydrogens is 302 g/mol. The maximum atomic E-state index is 12.0. The lowest BCUT2D eigenvalue weighted by Gasteiger charge is -2.25. The number of nitrogens with one attached hydrogen (secondary N) is 2. The average Bonchev–Trinajstić information content (AvgIpc) is 2.53. The molecule has 0 bridgehead atoms. The number of carbonyl (C=O) groups is 2. The van der Waals surface area contributed by atoms with Gasteiger partial charge in [-0.05, 0) is 38.3 Å². The molecule has 1 aromatic rings. The topological polar surface area (TPSA) is 61.4 Å². The summed E-state index contributed by atoms with van der Waals surface area (Å²) in [5.74, 6) is -0.0172. The van der Waals surface area contributed by atoms with E-state index in [1.807, 2.05) is 26.0 Å². The van der Waals surface area contributed by atoms with Crippen molar-refractivity contribution in [1.29, 1.82) is 0 Å². The second-order valence-corrected chi connectivity index (χ2v) is 6.70. The number of urea groups is 1. The van der Waals surface area contributed by atoms with Crippen LogP contribution in [0.2, 0.25) is 0 Å². The van der Waals surface area contributed by atoms with Crippen LogP contribution < -0.4 is 15.5 Å². The first kappa shape index (κ1) is 18.3. The summed E-state index contributed by atoms with van der Waals surface area (Å²) in [6.45, 7) is 6.50. The van der Waals surface area contributed by atoms with Crippen molar-refractivity contribution in [3.63, 3.8) is 0 Å². The minimum Gasteiger partial charge on any atom is -0.336 e. The molecule has 0 radical (unpaired) electrons. The molecule has 0 atom stereocenters. The van der Waals surface area contributed by atoms with Crippen LogP contribution in [0.25, 0.3) is 0 Å². The molecule has 2 rings (SSSR count). The van der Waals surface area contributed by atoms with Crippen LogP contribution in [0.5, 0.6) is 0 Å². The molecule has 132 valence electrons. The number of hydrogen-bond donors (Lipinski definition) is 2. The second-order valence-electron chi connectivity index (χ2n) is 6.70. The van der Waals surface area contributed by atoms with Crippen molar-refractivity contribution in [3.8, 4) is 0 Å². The third-order valence-electron chi connectivity index (χ3n) is 4.58. The van der Waals surface area contributed by atoms with Gasteiger partial charge in [-0.25, -0.2) is 4.79 Å². The Hall–Kier alpha value is -2.04. The molecule has 5 nitrogen and oxygen atoms in total. The van der Waals surface area contributed by atoms with E-state index in [1.165, 1.54) is 24.8 Å². The van der Waals surface area contributed by atoms with E-state index in [4.69, 9.17) is 0 Å². The van der Waals surface area contributed by atoms with Crippen molar-refractivity contribution in [2.75, 3.05) is 18.0 Å². The molecule has 2 N–H and O–H groups in total. The minimum atomic E-state index is -0.133. The molecule has 3 amide bonds. The molecule has 0 aliphatic heterocycles. The van der Waals surface area contributed by atoms with Gasteiger partial charge in [-0.1, -0.05) is 37.0 Å². The van der Waals surface area contributed by atoms with Crippen LogP contribution in [0.3, 0.4) is 0 Å². The van der Waals surface area contributed by atoms with Crippen LogP contribution in [0.4, 0.5) is 10.5 Å². The van der Waals surface area contributed by atoms with Crippen LogP contribution in [-0.4, -0.2) is 31.1 Å². The number of amides is 3. The van der Waals surface area contributed by atoms with Crippen LogP contribution in [-0.2, 0) is 4.79 Å². The summed E-state index contributed by atoms with van der Waals surface area (Å²) in [5, 5.41) is 5.90. The summed E-state index contributed by atoms with van der Waals surface area (Å²) in [7, 11) is 0. The fourth-order valence-corrected chi connectivity index (χ4v) is 3.32. The Kier molecular flexibility index (Phi) is 6.64. The van der Waals surface area contributed by atoms with Crippen LogP contribution >= 0.6 is 0 Å². The molecule has 1 fully saturated rings. The zero-order valence-corrected chi connectivity index (χ0v) is 15.0. The third-order valence-corrected chi connectivity index (χ3v) is 4.58. The highest BCUT2D eigenvalue weighted by Gasteiger charge is 2.17. The Labute approximate surface area is 144 Å². The summed E-state index contributed by atoms with van der Waals surface area (Å²) < 4.78 is 0. The average molecular weight is 331 g/mol.